The molecule has 164 valence electrons. The zero-order valence-electron chi connectivity index (χ0n) is 17.7. The molecule has 0 spiro atoms. The third kappa shape index (κ3) is 6.98. The predicted molar refractivity (Wildman–Crippen MR) is 130 cm³/mol. The van der Waals surface area contributed by atoms with Gasteiger partial charge in [0.15, 0.2) is 5.96 Å². The Kier molecular flexibility index (Phi) is 10.6. The third-order valence-electron chi connectivity index (χ3n) is 4.66. The molecule has 3 rings (SSSR count). The van der Waals surface area contributed by atoms with Gasteiger partial charge in [0.25, 0.3) is 0 Å². The highest BCUT2D eigenvalue weighted by molar-refractivity contribution is 14.0. The van der Waals surface area contributed by atoms with Crippen molar-refractivity contribution in [1.29, 1.82) is 0 Å². The van der Waals surface area contributed by atoms with E-state index in [1.807, 2.05) is 30.5 Å². The molecule has 0 radical (unpaired) electrons. The highest BCUT2D eigenvalue weighted by Gasteiger charge is 2.20. The topological polar surface area (TPSA) is 75.1 Å². The number of aliphatic imine (C=N–C) groups is 1. The van der Waals surface area contributed by atoms with Gasteiger partial charge in [0.2, 0.25) is 5.88 Å². The molecule has 1 aliphatic heterocycles. The quantitative estimate of drug-likeness (QED) is 0.245. The smallest absolute Gasteiger partial charge is 0.218 e. The van der Waals surface area contributed by atoms with Crippen LogP contribution in [0, 0.1) is 0 Å². The van der Waals surface area contributed by atoms with E-state index in [4.69, 9.17) is 14.5 Å². The van der Waals surface area contributed by atoms with Crippen LogP contribution in [0.1, 0.15) is 12.5 Å². The molecule has 0 aromatic carbocycles. The van der Waals surface area contributed by atoms with Crippen LogP contribution in [-0.2, 0) is 11.3 Å². The van der Waals surface area contributed by atoms with Crippen molar-refractivity contribution in [2.75, 3.05) is 57.9 Å². The Morgan fingerprint density at radius 3 is 2.57 bits per heavy atom. The van der Waals surface area contributed by atoms with Gasteiger partial charge in [-0.3, -0.25) is 0 Å². The van der Waals surface area contributed by atoms with E-state index in [0.29, 0.717) is 25.6 Å². The van der Waals surface area contributed by atoms with E-state index in [2.05, 4.69) is 38.1 Å². The zero-order valence-corrected chi connectivity index (χ0v) is 20.0. The number of aromatic nitrogens is 2. The monoisotopic (exact) mass is 526 g/mol. The number of anilines is 1. The molecule has 2 aromatic rings. The summed E-state index contributed by atoms with van der Waals surface area (Å²) < 4.78 is 10.8. The van der Waals surface area contributed by atoms with Crippen molar-refractivity contribution in [3.05, 3.63) is 48.3 Å². The van der Waals surface area contributed by atoms with Crippen molar-refractivity contribution in [1.82, 2.24) is 20.2 Å². The summed E-state index contributed by atoms with van der Waals surface area (Å²) in [6.07, 6.45) is 3.57. The standard InChI is InChI=1S/C21H30N6O2.HI/c1-3-22-21(25-17-18-7-6-10-24-20(18)29-16-15-28-2)27-13-11-26(12-14-27)19-8-4-5-9-23-19;/h4-10H,3,11-17H2,1-2H3,(H,22,25);1H. The van der Waals surface area contributed by atoms with E-state index < -0.39 is 0 Å². The number of hydrogen-bond donors (Lipinski definition) is 1. The maximum Gasteiger partial charge on any atom is 0.218 e. The normalized spacial score (nSPS) is 14.3. The summed E-state index contributed by atoms with van der Waals surface area (Å²) in [5.41, 5.74) is 0.964. The molecule has 8 nitrogen and oxygen atoms in total. The highest BCUT2D eigenvalue weighted by atomic mass is 127. The Morgan fingerprint density at radius 1 is 1.07 bits per heavy atom. The van der Waals surface area contributed by atoms with E-state index in [0.717, 1.165) is 50.1 Å². The van der Waals surface area contributed by atoms with Crippen LogP contribution in [0.2, 0.25) is 0 Å². The summed E-state index contributed by atoms with van der Waals surface area (Å²) in [5.74, 6) is 2.56. The van der Waals surface area contributed by atoms with E-state index in [1.54, 1.807) is 13.3 Å². The molecule has 0 amide bonds. The molecule has 9 heteroatoms. The van der Waals surface area contributed by atoms with Gasteiger partial charge < -0.3 is 24.6 Å². The fourth-order valence-corrected chi connectivity index (χ4v) is 3.17. The average molecular weight is 526 g/mol. The van der Waals surface area contributed by atoms with Crippen molar-refractivity contribution in [2.45, 2.75) is 13.5 Å². The van der Waals surface area contributed by atoms with Crippen LogP contribution in [0.4, 0.5) is 5.82 Å². The van der Waals surface area contributed by atoms with Crippen molar-refractivity contribution in [3.63, 3.8) is 0 Å². The molecular weight excluding hydrogens is 495 g/mol. The number of nitrogens with one attached hydrogen (secondary N) is 1. The first-order valence-corrected chi connectivity index (χ1v) is 10.1. The van der Waals surface area contributed by atoms with Crippen molar-refractivity contribution in [3.8, 4) is 5.88 Å². The first-order valence-electron chi connectivity index (χ1n) is 10.1. The van der Waals surface area contributed by atoms with E-state index >= 15 is 0 Å². The second-order valence-electron chi connectivity index (χ2n) is 6.64. The molecular formula is C21H31IN6O2. The molecule has 1 fully saturated rings. The lowest BCUT2D eigenvalue weighted by atomic mass is 10.2. The summed E-state index contributed by atoms with van der Waals surface area (Å²) >= 11 is 0. The van der Waals surface area contributed by atoms with Crippen LogP contribution >= 0.6 is 24.0 Å². The fourth-order valence-electron chi connectivity index (χ4n) is 3.17. The van der Waals surface area contributed by atoms with Crippen LogP contribution in [0.5, 0.6) is 5.88 Å². The third-order valence-corrected chi connectivity index (χ3v) is 4.66. The average Bonchev–Trinajstić information content (AvgIpc) is 2.78. The number of rotatable bonds is 8. The van der Waals surface area contributed by atoms with Gasteiger partial charge >= 0.3 is 0 Å². The highest BCUT2D eigenvalue weighted by Crippen LogP contribution is 2.16. The molecule has 0 bridgehead atoms. The molecule has 0 aliphatic carbocycles. The number of methoxy groups -OCH3 is 1. The Morgan fingerprint density at radius 2 is 1.87 bits per heavy atom. The first kappa shape index (κ1) is 24.1. The summed E-state index contributed by atoms with van der Waals surface area (Å²) in [7, 11) is 1.66. The molecule has 1 saturated heterocycles. The van der Waals surface area contributed by atoms with Crippen LogP contribution in [-0.4, -0.2) is 73.9 Å². The second kappa shape index (κ2) is 13.2. The molecule has 3 heterocycles. The minimum Gasteiger partial charge on any atom is -0.475 e. The maximum atomic E-state index is 5.73. The van der Waals surface area contributed by atoms with E-state index in [1.165, 1.54) is 0 Å². The van der Waals surface area contributed by atoms with Gasteiger partial charge in [-0.25, -0.2) is 15.0 Å². The van der Waals surface area contributed by atoms with Crippen molar-refractivity contribution >= 4 is 35.8 Å². The van der Waals surface area contributed by atoms with Crippen LogP contribution in [0.25, 0.3) is 0 Å². The predicted octanol–water partition coefficient (Wildman–Crippen LogP) is 2.41. The van der Waals surface area contributed by atoms with Gasteiger partial charge in [-0.2, -0.15) is 0 Å². The SMILES string of the molecule is CCNC(=NCc1cccnc1OCCOC)N1CCN(c2ccccn2)CC1.I. The van der Waals surface area contributed by atoms with Crippen LogP contribution in [0.15, 0.2) is 47.7 Å². The molecule has 0 atom stereocenters. The Balaban J connectivity index is 0.00000320. The first-order chi connectivity index (χ1) is 14.3. The van der Waals surface area contributed by atoms with Crippen molar-refractivity contribution < 1.29 is 9.47 Å². The Hall–Kier alpha value is -2.14. The lowest BCUT2D eigenvalue weighted by Gasteiger charge is -2.37. The largest absolute Gasteiger partial charge is 0.475 e. The fraction of sp³-hybridized carbons (Fsp3) is 0.476. The number of ether oxygens (including phenoxy) is 2. The lowest BCUT2D eigenvalue weighted by Crippen LogP contribution is -2.52. The molecule has 2 aromatic heterocycles. The number of guanidine groups is 1. The van der Waals surface area contributed by atoms with Gasteiger partial charge in [-0.05, 0) is 25.1 Å². The number of halogens is 1. The minimum atomic E-state index is 0. The summed E-state index contributed by atoms with van der Waals surface area (Å²) in [6, 6.07) is 9.94. The summed E-state index contributed by atoms with van der Waals surface area (Å²) in [4.78, 5) is 18.2. The Labute approximate surface area is 195 Å². The zero-order chi connectivity index (χ0) is 20.3. The molecule has 30 heavy (non-hydrogen) atoms. The molecule has 1 aliphatic rings. The molecule has 0 unspecified atom stereocenters. The second-order valence-corrected chi connectivity index (χ2v) is 6.64. The van der Waals surface area contributed by atoms with Crippen LogP contribution < -0.4 is 15.0 Å². The number of piperazine rings is 1. The maximum absolute atomic E-state index is 5.73. The van der Waals surface area contributed by atoms with Gasteiger partial charge in [-0.1, -0.05) is 12.1 Å². The number of nitrogens with zero attached hydrogens (tertiary/aromatic N) is 5. The van der Waals surface area contributed by atoms with E-state index in [-0.39, 0.29) is 24.0 Å². The van der Waals surface area contributed by atoms with Gasteiger partial charge in [-0.15, -0.1) is 24.0 Å². The molecule has 1 N–H and O–H groups in total. The molecule has 0 saturated carbocycles. The van der Waals surface area contributed by atoms with Crippen molar-refractivity contribution in [2.24, 2.45) is 4.99 Å². The van der Waals surface area contributed by atoms with Crippen LogP contribution in [0.3, 0.4) is 0 Å². The Bertz CT molecular complexity index is 769. The minimum absolute atomic E-state index is 0. The summed E-state index contributed by atoms with van der Waals surface area (Å²) in [6.45, 7) is 8.05. The number of pyridine rings is 2. The number of hydrogen-bond acceptors (Lipinski definition) is 6. The summed E-state index contributed by atoms with van der Waals surface area (Å²) in [5, 5.41) is 3.41. The lowest BCUT2D eigenvalue weighted by molar-refractivity contribution is 0.143. The van der Waals surface area contributed by atoms with Gasteiger partial charge in [0.1, 0.15) is 12.4 Å². The van der Waals surface area contributed by atoms with E-state index in [9.17, 15) is 0 Å². The van der Waals surface area contributed by atoms with Gasteiger partial charge in [0, 0.05) is 57.8 Å². The van der Waals surface area contributed by atoms with Gasteiger partial charge in [0.05, 0.1) is 13.2 Å².